The first-order valence-electron chi connectivity index (χ1n) is 4.52. The molecule has 1 aromatic rings. The lowest BCUT2D eigenvalue weighted by Crippen LogP contribution is -2.27. The first kappa shape index (κ1) is 11.9. The van der Waals surface area contributed by atoms with Crippen LogP contribution < -0.4 is 5.32 Å². The summed E-state index contributed by atoms with van der Waals surface area (Å²) in [6, 6.07) is 6.65. The molecule has 82 valence electrons. The smallest absolute Gasteiger partial charge is 0.230 e. The number of amides is 1. The highest BCUT2D eigenvalue weighted by atomic mass is 32.2. The third kappa shape index (κ3) is 4.71. The molecule has 0 spiro atoms. The minimum Gasteiger partial charge on any atom is -0.508 e. The number of aromatic hydroxyl groups is 1. The first-order valence-corrected chi connectivity index (χ1v) is 5.50. The van der Waals surface area contributed by atoms with Crippen molar-refractivity contribution >= 4 is 17.7 Å². The molecule has 0 bridgehead atoms. The first-order chi connectivity index (χ1) is 7.22. The van der Waals surface area contributed by atoms with Crippen molar-refractivity contribution in [2.24, 2.45) is 0 Å². The van der Waals surface area contributed by atoms with Crippen LogP contribution in [-0.4, -0.2) is 35.0 Å². The summed E-state index contributed by atoms with van der Waals surface area (Å²) in [4.78, 5) is 12.1. The zero-order chi connectivity index (χ0) is 11.1. The number of thioether (sulfide) groups is 1. The highest BCUT2D eigenvalue weighted by Crippen LogP contribution is 2.20. The normalized spacial score (nSPS) is 9.93. The van der Waals surface area contributed by atoms with Crippen LogP contribution in [0.5, 0.6) is 5.75 Å². The zero-order valence-corrected chi connectivity index (χ0v) is 8.96. The Morgan fingerprint density at radius 2 is 2.00 bits per heavy atom. The fraction of sp³-hybridized carbons (Fsp3) is 0.300. The van der Waals surface area contributed by atoms with E-state index in [0.717, 1.165) is 4.90 Å². The van der Waals surface area contributed by atoms with Crippen LogP contribution >= 0.6 is 11.8 Å². The molecule has 0 saturated heterocycles. The van der Waals surface area contributed by atoms with Gasteiger partial charge in [-0.2, -0.15) is 0 Å². The lowest BCUT2D eigenvalue weighted by atomic mass is 10.3. The van der Waals surface area contributed by atoms with Crippen molar-refractivity contribution in [1.29, 1.82) is 0 Å². The van der Waals surface area contributed by atoms with E-state index in [1.165, 1.54) is 11.8 Å². The molecule has 3 N–H and O–H groups in total. The number of phenols is 1. The summed E-state index contributed by atoms with van der Waals surface area (Å²) in [5, 5.41) is 20.1. The van der Waals surface area contributed by atoms with Gasteiger partial charge in [-0.25, -0.2) is 0 Å². The van der Waals surface area contributed by atoms with Gasteiger partial charge in [-0.1, -0.05) is 0 Å². The molecule has 0 atom stereocenters. The molecule has 0 aliphatic carbocycles. The van der Waals surface area contributed by atoms with Crippen molar-refractivity contribution in [1.82, 2.24) is 5.32 Å². The van der Waals surface area contributed by atoms with Crippen molar-refractivity contribution in [3.63, 3.8) is 0 Å². The summed E-state index contributed by atoms with van der Waals surface area (Å²) in [5.41, 5.74) is 0. The van der Waals surface area contributed by atoms with Gasteiger partial charge in [-0.15, -0.1) is 11.8 Å². The van der Waals surface area contributed by atoms with Gasteiger partial charge in [0.2, 0.25) is 5.91 Å². The molecule has 4 nitrogen and oxygen atoms in total. The molecule has 0 radical (unpaired) electrons. The van der Waals surface area contributed by atoms with Gasteiger partial charge in [0, 0.05) is 11.4 Å². The average Bonchev–Trinajstić information content (AvgIpc) is 2.25. The van der Waals surface area contributed by atoms with Crippen LogP contribution in [0, 0.1) is 0 Å². The number of hydrogen-bond donors (Lipinski definition) is 3. The van der Waals surface area contributed by atoms with Crippen LogP contribution in [0.1, 0.15) is 0 Å². The zero-order valence-electron chi connectivity index (χ0n) is 8.14. The Labute approximate surface area is 92.3 Å². The molecule has 0 fully saturated rings. The van der Waals surface area contributed by atoms with Crippen molar-refractivity contribution in [3.8, 4) is 5.75 Å². The number of benzene rings is 1. The maximum absolute atomic E-state index is 11.1. The van der Waals surface area contributed by atoms with Crippen LogP contribution in [0.25, 0.3) is 0 Å². The van der Waals surface area contributed by atoms with Gasteiger partial charge in [0.1, 0.15) is 5.75 Å². The summed E-state index contributed by atoms with van der Waals surface area (Å²) in [6.07, 6.45) is 0. The maximum Gasteiger partial charge on any atom is 0.230 e. The summed E-state index contributed by atoms with van der Waals surface area (Å²) < 4.78 is 0. The predicted octanol–water partition coefficient (Wildman–Crippen LogP) is 0.593. The monoisotopic (exact) mass is 227 g/mol. The number of nitrogens with one attached hydrogen (secondary N) is 1. The van der Waals surface area contributed by atoms with Gasteiger partial charge in [0.05, 0.1) is 12.4 Å². The molecule has 15 heavy (non-hydrogen) atoms. The third-order valence-corrected chi connectivity index (χ3v) is 2.65. The number of carbonyl (C=O) groups is 1. The number of aliphatic hydroxyl groups excluding tert-OH is 1. The van der Waals surface area contributed by atoms with Crippen LogP contribution in [0.3, 0.4) is 0 Å². The van der Waals surface area contributed by atoms with Gasteiger partial charge >= 0.3 is 0 Å². The fourth-order valence-electron chi connectivity index (χ4n) is 0.938. The molecule has 1 aromatic carbocycles. The van der Waals surface area contributed by atoms with E-state index in [1.807, 2.05) is 0 Å². The van der Waals surface area contributed by atoms with Gasteiger partial charge in [0.15, 0.2) is 0 Å². The topological polar surface area (TPSA) is 69.6 Å². The second-order valence-electron chi connectivity index (χ2n) is 2.86. The van der Waals surface area contributed by atoms with Crippen molar-refractivity contribution in [2.75, 3.05) is 18.9 Å². The van der Waals surface area contributed by atoms with Gasteiger partial charge in [0.25, 0.3) is 0 Å². The van der Waals surface area contributed by atoms with E-state index in [-0.39, 0.29) is 24.8 Å². The van der Waals surface area contributed by atoms with Crippen LogP contribution in [0.4, 0.5) is 0 Å². The van der Waals surface area contributed by atoms with E-state index in [4.69, 9.17) is 10.2 Å². The van der Waals surface area contributed by atoms with Crippen LogP contribution in [0.15, 0.2) is 29.2 Å². The lowest BCUT2D eigenvalue weighted by molar-refractivity contribution is -0.118. The van der Waals surface area contributed by atoms with Gasteiger partial charge in [-0.3, -0.25) is 4.79 Å². The van der Waals surface area contributed by atoms with E-state index in [1.54, 1.807) is 24.3 Å². The van der Waals surface area contributed by atoms with Crippen molar-refractivity contribution in [3.05, 3.63) is 24.3 Å². The van der Waals surface area contributed by atoms with Crippen LogP contribution in [0.2, 0.25) is 0 Å². The minimum absolute atomic E-state index is 0.0460. The van der Waals surface area contributed by atoms with E-state index in [0.29, 0.717) is 5.75 Å². The largest absolute Gasteiger partial charge is 0.508 e. The fourth-order valence-corrected chi connectivity index (χ4v) is 1.67. The second kappa shape index (κ2) is 6.31. The highest BCUT2D eigenvalue weighted by molar-refractivity contribution is 8.00. The molecule has 0 heterocycles. The van der Waals surface area contributed by atoms with E-state index in [9.17, 15) is 4.79 Å². The average molecular weight is 227 g/mol. The Morgan fingerprint density at radius 1 is 1.33 bits per heavy atom. The van der Waals surface area contributed by atoms with Crippen molar-refractivity contribution < 1.29 is 15.0 Å². The Morgan fingerprint density at radius 3 is 2.60 bits per heavy atom. The van der Waals surface area contributed by atoms with E-state index >= 15 is 0 Å². The maximum atomic E-state index is 11.1. The lowest BCUT2D eigenvalue weighted by Gasteiger charge is -2.03. The summed E-state index contributed by atoms with van der Waals surface area (Å²) >= 11 is 1.38. The third-order valence-electron chi connectivity index (χ3n) is 1.64. The molecule has 0 aliphatic rings. The van der Waals surface area contributed by atoms with E-state index in [2.05, 4.69) is 5.32 Å². The molecular formula is C10H13NO3S. The molecule has 1 amide bonds. The minimum atomic E-state index is -0.109. The highest BCUT2D eigenvalue weighted by Gasteiger charge is 2.01. The Balaban J connectivity index is 2.30. The number of rotatable bonds is 5. The Hall–Kier alpha value is -1.20. The second-order valence-corrected chi connectivity index (χ2v) is 3.90. The quantitative estimate of drug-likeness (QED) is 0.644. The summed E-state index contributed by atoms with van der Waals surface area (Å²) in [5.74, 6) is 0.413. The Kier molecular flexibility index (Phi) is 5.00. The molecule has 0 aromatic heterocycles. The summed E-state index contributed by atoms with van der Waals surface area (Å²) in [6.45, 7) is 0.241. The van der Waals surface area contributed by atoms with Crippen molar-refractivity contribution in [2.45, 2.75) is 4.90 Å². The molecule has 1 rings (SSSR count). The van der Waals surface area contributed by atoms with Gasteiger partial charge < -0.3 is 15.5 Å². The number of aliphatic hydroxyl groups is 1. The molecule has 0 aliphatic heterocycles. The van der Waals surface area contributed by atoms with E-state index < -0.39 is 0 Å². The molecule has 0 saturated carbocycles. The Bertz CT molecular complexity index is 313. The standard InChI is InChI=1S/C10H13NO3S/c12-6-5-11-10(14)7-15-9-3-1-8(13)2-4-9/h1-4,12-13H,5-7H2,(H,11,14). The summed E-state index contributed by atoms with van der Waals surface area (Å²) in [7, 11) is 0. The molecule has 5 heteroatoms. The number of phenolic OH excluding ortho intramolecular Hbond substituents is 1. The SMILES string of the molecule is O=C(CSc1ccc(O)cc1)NCCO. The number of hydrogen-bond acceptors (Lipinski definition) is 4. The predicted molar refractivity (Wildman–Crippen MR) is 58.9 cm³/mol. The van der Waals surface area contributed by atoms with Crippen LogP contribution in [-0.2, 0) is 4.79 Å². The molecule has 0 unspecified atom stereocenters. The number of carbonyl (C=O) groups excluding carboxylic acids is 1. The van der Waals surface area contributed by atoms with Gasteiger partial charge in [-0.05, 0) is 24.3 Å². The molecular weight excluding hydrogens is 214 g/mol.